The van der Waals surface area contributed by atoms with E-state index in [1.54, 1.807) is 24.3 Å². The molecule has 1 N–H and O–H groups in total. The van der Waals surface area contributed by atoms with Crippen LogP contribution in [0.2, 0.25) is 0 Å². The number of rotatable bonds is 6. The molecule has 0 radical (unpaired) electrons. The van der Waals surface area contributed by atoms with Crippen molar-refractivity contribution >= 4 is 44.6 Å². The molecule has 5 nitrogen and oxygen atoms in total. The van der Waals surface area contributed by atoms with Gasteiger partial charge in [-0.15, -0.1) is 11.3 Å². The van der Waals surface area contributed by atoms with E-state index >= 15 is 0 Å². The van der Waals surface area contributed by atoms with Gasteiger partial charge in [-0.25, -0.2) is 13.4 Å². The highest BCUT2D eigenvalue weighted by Crippen LogP contribution is 2.28. The van der Waals surface area contributed by atoms with Crippen LogP contribution < -0.4 is 4.72 Å². The highest BCUT2D eigenvalue weighted by molar-refractivity contribution is 8.02. The highest BCUT2D eigenvalue weighted by Gasteiger charge is 2.18. The minimum atomic E-state index is -3.31. The predicted octanol–water partition coefficient (Wildman–Crippen LogP) is 3.19. The molecule has 0 amide bonds. The van der Waals surface area contributed by atoms with Gasteiger partial charge in [0.15, 0.2) is 10.1 Å². The summed E-state index contributed by atoms with van der Waals surface area (Å²) in [5, 5.41) is 1.70. The second kappa shape index (κ2) is 6.80. The van der Waals surface area contributed by atoms with Crippen molar-refractivity contribution in [2.75, 3.05) is 11.0 Å². The summed E-state index contributed by atoms with van der Waals surface area (Å²) in [4.78, 5) is 16.7. The minimum Gasteiger partial charge on any atom is -0.293 e. The number of carbonyl (C=O) groups is 1. The molecule has 0 aliphatic heterocycles. The van der Waals surface area contributed by atoms with Crippen LogP contribution in [0.4, 0.5) is 5.69 Å². The number of thiazole rings is 1. The fourth-order valence-electron chi connectivity index (χ4n) is 1.74. The number of nitrogens with one attached hydrogen (secondary N) is 1. The lowest BCUT2D eigenvalue weighted by Crippen LogP contribution is -2.14. The maximum absolute atomic E-state index is 12.4. The van der Waals surface area contributed by atoms with E-state index in [1.807, 2.05) is 19.2 Å². The summed E-state index contributed by atoms with van der Waals surface area (Å²) >= 11 is 2.95. The third-order valence-electron chi connectivity index (χ3n) is 2.72. The van der Waals surface area contributed by atoms with Crippen molar-refractivity contribution in [3.63, 3.8) is 0 Å². The zero-order valence-electron chi connectivity index (χ0n) is 12.4. The van der Waals surface area contributed by atoms with Crippen LogP contribution in [0.25, 0.3) is 0 Å². The fraction of sp³-hybridized carbons (Fsp3) is 0.286. The van der Waals surface area contributed by atoms with Gasteiger partial charge in [0.2, 0.25) is 10.0 Å². The maximum Gasteiger partial charge on any atom is 0.229 e. The first-order chi connectivity index (χ1) is 10.2. The van der Waals surface area contributed by atoms with Gasteiger partial charge in [-0.1, -0.05) is 11.8 Å². The molecule has 1 aromatic heterocycles. The van der Waals surface area contributed by atoms with Gasteiger partial charge in [0.05, 0.1) is 11.5 Å². The van der Waals surface area contributed by atoms with E-state index in [1.165, 1.54) is 23.1 Å². The molecule has 2 rings (SSSR count). The maximum atomic E-state index is 12.4. The lowest BCUT2D eigenvalue weighted by atomic mass is 10.1. The van der Waals surface area contributed by atoms with Crippen molar-refractivity contribution < 1.29 is 13.2 Å². The van der Waals surface area contributed by atoms with E-state index in [9.17, 15) is 13.2 Å². The normalized spacial score (nSPS) is 12.9. The number of thioether (sulfide) groups is 1. The van der Waals surface area contributed by atoms with Crippen molar-refractivity contribution in [3.05, 3.63) is 40.9 Å². The van der Waals surface area contributed by atoms with E-state index in [-0.39, 0.29) is 11.0 Å². The van der Waals surface area contributed by atoms with E-state index in [4.69, 9.17) is 0 Å². The summed E-state index contributed by atoms with van der Waals surface area (Å²) in [5.41, 5.74) is 1.94. The zero-order valence-corrected chi connectivity index (χ0v) is 14.8. The number of aromatic nitrogens is 1. The molecule has 0 bridgehead atoms. The molecule has 1 atom stereocenters. The second-order valence-corrected chi connectivity index (χ2v) is 9.03. The van der Waals surface area contributed by atoms with Gasteiger partial charge < -0.3 is 0 Å². The Morgan fingerprint density at radius 1 is 1.32 bits per heavy atom. The monoisotopic (exact) mass is 356 g/mol. The molecule has 1 heterocycles. The summed E-state index contributed by atoms with van der Waals surface area (Å²) in [6.45, 7) is 3.76. The first kappa shape index (κ1) is 17.0. The lowest BCUT2D eigenvalue weighted by molar-refractivity contribution is 0.0994. The van der Waals surface area contributed by atoms with Crippen LogP contribution in [0, 0.1) is 6.92 Å². The minimum absolute atomic E-state index is 0.0104. The van der Waals surface area contributed by atoms with Crippen LogP contribution in [-0.4, -0.2) is 30.7 Å². The first-order valence-corrected chi connectivity index (χ1v) is 10.1. The topological polar surface area (TPSA) is 76.1 Å². The van der Waals surface area contributed by atoms with Crippen LogP contribution in [0.15, 0.2) is 34.0 Å². The summed E-state index contributed by atoms with van der Waals surface area (Å²) in [7, 11) is -3.31. The number of nitrogens with zero attached hydrogens (tertiary/aromatic N) is 1. The molecule has 0 fully saturated rings. The number of sulfonamides is 1. The summed E-state index contributed by atoms with van der Waals surface area (Å²) in [6, 6.07) is 6.42. The van der Waals surface area contributed by atoms with Gasteiger partial charge in [0.1, 0.15) is 0 Å². The number of benzene rings is 1. The Morgan fingerprint density at radius 2 is 1.95 bits per heavy atom. The van der Waals surface area contributed by atoms with Gasteiger partial charge in [0, 0.05) is 22.3 Å². The molecule has 0 saturated carbocycles. The molecule has 0 spiro atoms. The number of anilines is 1. The van der Waals surface area contributed by atoms with Crippen LogP contribution in [-0.2, 0) is 10.0 Å². The van der Waals surface area contributed by atoms with Crippen LogP contribution in [0.1, 0.15) is 23.0 Å². The van der Waals surface area contributed by atoms with Gasteiger partial charge in [-0.3, -0.25) is 9.52 Å². The van der Waals surface area contributed by atoms with E-state index in [0.717, 1.165) is 16.3 Å². The van der Waals surface area contributed by atoms with Crippen molar-refractivity contribution in [3.8, 4) is 0 Å². The molecule has 0 aliphatic rings. The highest BCUT2D eigenvalue weighted by atomic mass is 32.2. The smallest absolute Gasteiger partial charge is 0.229 e. The number of hydrogen-bond donors (Lipinski definition) is 1. The Labute approximate surface area is 138 Å². The Kier molecular flexibility index (Phi) is 5.25. The van der Waals surface area contributed by atoms with Gasteiger partial charge in [-0.05, 0) is 38.1 Å². The summed E-state index contributed by atoms with van der Waals surface area (Å²) in [5.74, 6) is -0.0104. The standard InChI is InChI=1S/C14H16N2O3S3/c1-9-8-20-14(15-9)21-10(2)13(17)11-4-6-12(7-5-11)16-22(3,18)19/h4-8,10,16H,1-3H3. The average molecular weight is 356 g/mol. The second-order valence-electron chi connectivity index (χ2n) is 4.83. The number of Topliss-reactive ketones (excluding diaryl/α,β-unsaturated/α-hetero) is 1. The lowest BCUT2D eigenvalue weighted by Gasteiger charge is -2.09. The number of ketones is 1. The van der Waals surface area contributed by atoms with Gasteiger partial charge in [0.25, 0.3) is 0 Å². The van der Waals surface area contributed by atoms with Crippen molar-refractivity contribution in [2.24, 2.45) is 0 Å². The quantitative estimate of drug-likeness (QED) is 0.635. The van der Waals surface area contributed by atoms with E-state index in [2.05, 4.69) is 9.71 Å². The Bertz CT molecular complexity index is 767. The number of carbonyl (C=O) groups excluding carboxylic acids is 1. The third-order valence-corrected chi connectivity index (χ3v) is 5.51. The summed E-state index contributed by atoms with van der Waals surface area (Å²) in [6.07, 6.45) is 1.08. The molecule has 0 saturated heterocycles. The van der Waals surface area contributed by atoms with Gasteiger partial charge in [-0.2, -0.15) is 0 Å². The summed E-state index contributed by atoms with van der Waals surface area (Å²) < 4.78 is 25.5. The average Bonchev–Trinajstić information content (AvgIpc) is 2.82. The number of aryl methyl sites for hydroxylation is 1. The molecule has 2 aromatic rings. The molecule has 0 aliphatic carbocycles. The molecule has 8 heteroatoms. The Morgan fingerprint density at radius 3 is 2.45 bits per heavy atom. The molecule has 22 heavy (non-hydrogen) atoms. The van der Waals surface area contributed by atoms with Crippen LogP contribution in [0.5, 0.6) is 0 Å². The Balaban J connectivity index is 2.05. The zero-order chi connectivity index (χ0) is 16.3. The van der Waals surface area contributed by atoms with E-state index in [0.29, 0.717) is 11.3 Å². The largest absolute Gasteiger partial charge is 0.293 e. The predicted molar refractivity (Wildman–Crippen MR) is 91.4 cm³/mol. The molecule has 1 unspecified atom stereocenters. The van der Waals surface area contributed by atoms with Crippen molar-refractivity contribution in [1.29, 1.82) is 0 Å². The van der Waals surface area contributed by atoms with E-state index < -0.39 is 10.0 Å². The third kappa shape index (κ3) is 4.82. The number of hydrogen-bond acceptors (Lipinski definition) is 6. The fourth-order valence-corrected chi connectivity index (χ4v) is 4.37. The van der Waals surface area contributed by atoms with Gasteiger partial charge >= 0.3 is 0 Å². The Hall–Kier alpha value is -1.38. The van der Waals surface area contributed by atoms with Crippen molar-refractivity contribution in [1.82, 2.24) is 4.98 Å². The molecular formula is C14H16N2O3S3. The molecule has 118 valence electrons. The molecular weight excluding hydrogens is 340 g/mol. The first-order valence-electron chi connectivity index (χ1n) is 6.45. The van der Waals surface area contributed by atoms with Crippen LogP contribution >= 0.6 is 23.1 Å². The van der Waals surface area contributed by atoms with Crippen LogP contribution in [0.3, 0.4) is 0 Å². The van der Waals surface area contributed by atoms with Crippen molar-refractivity contribution in [2.45, 2.75) is 23.4 Å². The SMILES string of the molecule is Cc1csc(SC(C)C(=O)c2ccc(NS(C)(=O)=O)cc2)n1. The molecule has 1 aromatic carbocycles.